The maximum absolute atomic E-state index is 12.2. The molecule has 0 spiro atoms. The summed E-state index contributed by atoms with van der Waals surface area (Å²) < 4.78 is 5.16. The van der Waals surface area contributed by atoms with Gasteiger partial charge < -0.3 is 9.84 Å². The minimum Gasteiger partial charge on any atom is -0.333 e. The van der Waals surface area contributed by atoms with Gasteiger partial charge in [0.1, 0.15) is 4.88 Å². The molecule has 6 heteroatoms. The van der Waals surface area contributed by atoms with Crippen LogP contribution in [0.2, 0.25) is 0 Å². The first-order chi connectivity index (χ1) is 9.74. The van der Waals surface area contributed by atoms with Crippen molar-refractivity contribution in [2.45, 2.75) is 26.2 Å². The Bertz CT molecular complexity index is 644. The van der Waals surface area contributed by atoms with E-state index >= 15 is 0 Å². The van der Waals surface area contributed by atoms with E-state index in [9.17, 15) is 4.79 Å². The first kappa shape index (κ1) is 13.1. The molecule has 0 saturated heterocycles. The predicted molar refractivity (Wildman–Crippen MR) is 77.5 cm³/mol. The third-order valence-electron chi connectivity index (χ3n) is 3.28. The summed E-state index contributed by atoms with van der Waals surface area (Å²) in [5, 5.41) is 8.67. The predicted octanol–water partition coefficient (Wildman–Crippen LogP) is 3.40. The zero-order valence-electron chi connectivity index (χ0n) is 11.1. The van der Waals surface area contributed by atoms with E-state index < -0.39 is 0 Å². The number of carbonyl (C=O) groups excluding carboxylic acids is 1. The van der Waals surface area contributed by atoms with Crippen LogP contribution in [-0.2, 0) is 4.79 Å². The van der Waals surface area contributed by atoms with Crippen LogP contribution < -0.4 is 5.32 Å². The van der Waals surface area contributed by atoms with Gasteiger partial charge in [-0.05, 0) is 37.6 Å². The van der Waals surface area contributed by atoms with Gasteiger partial charge in [-0.15, -0.1) is 11.3 Å². The summed E-state index contributed by atoms with van der Waals surface area (Å²) in [5.74, 6) is 1.15. The van der Waals surface area contributed by atoms with Gasteiger partial charge in [0.05, 0.1) is 5.69 Å². The fourth-order valence-corrected chi connectivity index (χ4v) is 3.00. The summed E-state index contributed by atoms with van der Waals surface area (Å²) in [6.45, 7) is 1.77. The lowest BCUT2D eigenvalue weighted by Crippen LogP contribution is -2.23. The van der Waals surface area contributed by atoms with Gasteiger partial charge in [-0.25, -0.2) is 0 Å². The van der Waals surface area contributed by atoms with Crippen molar-refractivity contribution in [2.75, 3.05) is 5.32 Å². The number of aromatic nitrogens is 2. The minimum absolute atomic E-state index is 0.0529. The minimum atomic E-state index is 0.0529. The Kier molecular flexibility index (Phi) is 3.64. The number of nitrogens with zero attached hydrogens (tertiary/aromatic N) is 2. The lowest BCUT2D eigenvalue weighted by molar-refractivity contribution is -0.120. The summed E-state index contributed by atoms with van der Waals surface area (Å²) in [6.07, 6.45) is 6.88. The smallest absolute Gasteiger partial charge is 0.270 e. The van der Waals surface area contributed by atoms with Crippen molar-refractivity contribution in [1.82, 2.24) is 10.1 Å². The average molecular weight is 289 g/mol. The molecule has 0 radical (unpaired) electrons. The molecule has 1 atom stereocenters. The van der Waals surface area contributed by atoms with Crippen LogP contribution in [0.1, 0.15) is 25.1 Å². The molecule has 0 aromatic carbocycles. The SMILES string of the molecule is Cc1noc(-c2sccc2NC(=O)C2CC=CCC2)n1. The zero-order chi connectivity index (χ0) is 13.9. The Morgan fingerprint density at radius 3 is 3.10 bits per heavy atom. The third kappa shape index (κ3) is 2.65. The van der Waals surface area contributed by atoms with Gasteiger partial charge >= 0.3 is 0 Å². The van der Waals surface area contributed by atoms with Crippen LogP contribution in [0.5, 0.6) is 0 Å². The van der Waals surface area contributed by atoms with Gasteiger partial charge in [-0.1, -0.05) is 17.3 Å². The molecule has 5 nitrogen and oxygen atoms in total. The fraction of sp³-hybridized carbons (Fsp3) is 0.357. The zero-order valence-corrected chi connectivity index (χ0v) is 11.9. The monoisotopic (exact) mass is 289 g/mol. The Labute approximate surface area is 120 Å². The van der Waals surface area contributed by atoms with Crippen molar-refractivity contribution in [3.8, 4) is 10.8 Å². The van der Waals surface area contributed by atoms with Crippen molar-refractivity contribution in [1.29, 1.82) is 0 Å². The molecule has 0 fully saturated rings. The molecular weight excluding hydrogens is 274 g/mol. The van der Waals surface area contributed by atoms with Crippen LogP contribution in [0.4, 0.5) is 5.69 Å². The molecule has 0 aliphatic heterocycles. The second-order valence-electron chi connectivity index (χ2n) is 4.78. The Hall–Kier alpha value is -1.95. The Morgan fingerprint density at radius 2 is 2.40 bits per heavy atom. The van der Waals surface area contributed by atoms with Crippen molar-refractivity contribution < 1.29 is 9.32 Å². The Balaban J connectivity index is 1.76. The topological polar surface area (TPSA) is 68.0 Å². The van der Waals surface area contributed by atoms with Gasteiger partial charge in [0.15, 0.2) is 5.82 Å². The fourth-order valence-electron chi connectivity index (χ4n) is 2.23. The number of thiophene rings is 1. The lowest BCUT2D eigenvalue weighted by atomic mass is 9.93. The Morgan fingerprint density at radius 1 is 1.50 bits per heavy atom. The van der Waals surface area contributed by atoms with Gasteiger partial charge in [-0.2, -0.15) is 4.98 Å². The molecule has 2 aromatic rings. The number of rotatable bonds is 3. The van der Waals surface area contributed by atoms with Crippen LogP contribution in [0.3, 0.4) is 0 Å². The maximum atomic E-state index is 12.2. The molecule has 104 valence electrons. The molecule has 3 rings (SSSR count). The van der Waals surface area contributed by atoms with Gasteiger partial charge in [-0.3, -0.25) is 4.79 Å². The highest BCUT2D eigenvalue weighted by molar-refractivity contribution is 7.14. The highest BCUT2D eigenvalue weighted by Gasteiger charge is 2.21. The number of carbonyl (C=O) groups is 1. The third-order valence-corrected chi connectivity index (χ3v) is 4.19. The molecule has 2 heterocycles. The molecule has 2 aromatic heterocycles. The number of anilines is 1. The summed E-state index contributed by atoms with van der Waals surface area (Å²) in [7, 11) is 0. The second kappa shape index (κ2) is 5.58. The van der Waals surface area contributed by atoms with E-state index in [2.05, 4.69) is 27.6 Å². The number of nitrogens with one attached hydrogen (secondary N) is 1. The van der Waals surface area contributed by atoms with Crippen LogP contribution in [0, 0.1) is 12.8 Å². The largest absolute Gasteiger partial charge is 0.333 e. The molecule has 0 saturated carbocycles. The number of aryl methyl sites for hydroxylation is 1. The molecule has 0 bridgehead atoms. The summed E-state index contributed by atoms with van der Waals surface area (Å²) in [6, 6.07) is 1.87. The highest BCUT2D eigenvalue weighted by atomic mass is 32.1. The van der Waals surface area contributed by atoms with Crippen molar-refractivity contribution in [3.05, 3.63) is 29.4 Å². The normalized spacial score (nSPS) is 18.1. The summed E-state index contributed by atoms with van der Waals surface area (Å²) in [4.78, 5) is 17.3. The molecule has 1 aliphatic rings. The standard InChI is InChI=1S/C14H15N3O2S/c1-9-15-14(19-17-9)12-11(7-8-20-12)16-13(18)10-5-3-2-4-6-10/h2-3,7-8,10H,4-6H2,1H3,(H,16,18). The van der Waals surface area contributed by atoms with Crippen LogP contribution >= 0.6 is 11.3 Å². The van der Waals surface area contributed by atoms with Crippen molar-refractivity contribution in [3.63, 3.8) is 0 Å². The molecule has 1 amide bonds. The highest BCUT2D eigenvalue weighted by Crippen LogP contribution is 2.33. The van der Waals surface area contributed by atoms with Gasteiger partial charge in [0.25, 0.3) is 5.89 Å². The first-order valence-corrected chi connectivity index (χ1v) is 7.46. The average Bonchev–Trinajstić information content (AvgIpc) is 3.08. The molecule has 1 aliphatic carbocycles. The van der Waals surface area contributed by atoms with E-state index in [-0.39, 0.29) is 11.8 Å². The van der Waals surface area contributed by atoms with Crippen LogP contribution in [0.25, 0.3) is 10.8 Å². The van der Waals surface area contributed by atoms with E-state index in [1.54, 1.807) is 6.92 Å². The van der Waals surface area contributed by atoms with E-state index in [1.807, 2.05) is 11.4 Å². The lowest BCUT2D eigenvalue weighted by Gasteiger charge is -2.17. The first-order valence-electron chi connectivity index (χ1n) is 6.58. The summed E-state index contributed by atoms with van der Waals surface area (Å²) in [5.41, 5.74) is 0.748. The van der Waals surface area contributed by atoms with Crippen molar-refractivity contribution in [2.24, 2.45) is 5.92 Å². The van der Waals surface area contributed by atoms with Crippen LogP contribution in [0.15, 0.2) is 28.1 Å². The van der Waals surface area contributed by atoms with E-state index in [0.29, 0.717) is 11.7 Å². The van der Waals surface area contributed by atoms with E-state index in [4.69, 9.17) is 4.52 Å². The van der Waals surface area contributed by atoms with E-state index in [0.717, 1.165) is 29.8 Å². The van der Waals surface area contributed by atoms with Crippen LogP contribution in [-0.4, -0.2) is 16.0 Å². The second-order valence-corrected chi connectivity index (χ2v) is 5.70. The van der Waals surface area contributed by atoms with Gasteiger partial charge in [0, 0.05) is 5.92 Å². The maximum Gasteiger partial charge on any atom is 0.270 e. The quantitative estimate of drug-likeness (QED) is 0.879. The molecule has 1 unspecified atom stereocenters. The number of hydrogen-bond acceptors (Lipinski definition) is 5. The summed E-state index contributed by atoms with van der Waals surface area (Å²) >= 11 is 1.48. The number of hydrogen-bond donors (Lipinski definition) is 1. The van der Waals surface area contributed by atoms with Gasteiger partial charge in [0.2, 0.25) is 5.91 Å². The van der Waals surface area contributed by atoms with Crippen molar-refractivity contribution >= 4 is 22.9 Å². The molecule has 1 N–H and O–H groups in total. The molecule has 20 heavy (non-hydrogen) atoms. The number of allylic oxidation sites excluding steroid dienone is 2. The number of amides is 1. The van der Waals surface area contributed by atoms with E-state index in [1.165, 1.54) is 11.3 Å². The molecular formula is C14H15N3O2S.